The van der Waals surface area contributed by atoms with Gasteiger partial charge in [0.25, 0.3) is 0 Å². The van der Waals surface area contributed by atoms with Crippen LogP contribution in [0.4, 0.5) is 0 Å². The highest BCUT2D eigenvalue weighted by Gasteiger charge is 2.43. The van der Waals surface area contributed by atoms with Gasteiger partial charge in [-0.25, -0.2) is 0 Å². The van der Waals surface area contributed by atoms with Crippen molar-refractivity contribution < 1.29 is 24.2 Å². The van der Waals surface area contributed by atoms with Crippen molar-refractivity contribution in [3.8, 4) is 11.5 Å². The number of Topliss-reactive ketones (excluding diaryl/α,β-unsaturated/α-hetero) is 1. The van der Waals surface area contributed by atoms with Gasteiger partial charge in [0.2, 0.25) is 0 Å². The van der Waals surface area contributed by atoms with Crippen LogP contribution >= 0.6 is 0 Å². The van der Waals surface area contributed by atoms with Crippen LogP contribution in [0.15, 0.2) is 34.5 Å². The molecule has 3 rings (SSSR count). The van der Waals surface area contributed by atoms with E-state index in [-0.39, 0.29) is 17.6 Å². The largest absolute Gasteiger partial charge is 0.504 e. The number of nitrogens with zero attached hydrogens (tertiary/aromatic N) is 1. The Bertz CT molecular complexity index is 837. The fourth-order valence-corrected chi connectivity index (χ4v) is 3.87. The Morgan fingerprint density at radius 1 is 1.30 bits per heavy atom. The normalized spacial score (nSPS) is 22.4. The van der Waals surface area contributed by atoms with Gasteiger partial charge in [-0.15, -0.1) is 0 Å². The number of hydrogen-bond acceptors (Lipinski definition) is 6. The van der Waals surface area contributed by atoms with Gasteiger partial charge in [0.1, 0.15) is 5.92 Å². The molecule has 1 heterocycles. The maximum Gasteiger partial charge on any atom is 0.315 e. The van der Waals surface area contributed by atoms with E-state index in [1.165, 1.54) is 13.2 Å². The zero-order valence-corrected chi connectivity index (χ0v) is 16.1. The number of methoxy groups -OCH3 is 1. The summed E-state index contributed by atoms with van der Waals surface area (Å²) in [6, 6.07) is 4.93. The number of aromatic hydroxyl groups is 1. The van der Waals surface area contributed by atoms with E-state index in [0.29, 0.717) is 23.5 Å². The second-order valence-electron chi connectivity index (χ2n) is 7.26. The molecular weight excluding hydrogens is 346 g/mol. The number of carbonyl (C=O) groups excluding carboxylic acids is 2. The van der Waals surface area contributed by atoms with Crippen molar-refractivity contribution in [2.24, 2.45) is 10.9 Å². The lowest BCUT2D eigenvalue weighted by molar-refractivity contribution is -0.150. The molecule has 0 aromatic heterocycles. The molecule has 1 N–H and O–H groups in total. The molecule has 1 aliphatic carbocycles. The number of phenolic OH excluding ortho intramolecular Hbond substituents is 1. The Labute approximate surface area is 158 Å². The Hall–Kier alpha value is -2.63. The van der Waals surface area contributed by atoms with Crippen molar-refractivity contribution in [1.29, 1.82) is 0 Å². The Kier molecular flexibility index (Phi) is 5.35. The number of aliphatic imine (C=N–C) groups is 1. The Morgan fingerprint density at radius 3 is 2.70 bits per heavy atom. The van der Waals surface area contributed by atoms with Gasteiger partial charge in [0, 0.05) is 29.3 Å². The van der Waals surface area contributed by atoms with Crippen molar-refractivity contribution in [3.05, 3.63) is 35.0 Å². The number of hydrogen-bond donors (Lipinski definition) is 1. The predicted octanol–water partition coefficient (Wildman–Crippen LogP) is 3.53. The summed E-state index contributed by atoms with van der Waals surface area (Å²) < 4.78 is 10.7. The molecule has 6 nitrogen and oxygen atoms in total. The smallest absolute Gasteiger partial charge is 0.315 e. The fourth-order valence-electron chi connectivity index (χ4n) is 3.87. The van der Waals surface area contributed by atoms with Crippen LogP contribution in [0.2, 0.25) is 0 Å². The van der Waals surface area contributed by atoms with Crippen LogP contribution < -0.4 is 4.74 Å². The molecule has 6 heteroatoms. The molecule has 1 aliphatic heterocycles. The summed E-state index contributed by atoms with van der Waals surface area (Å²) in [7, 11) is 1.47. The van der Waals surface area contributed by atoms with Crippen LogP contribution in [-0.2, 0) is 14.3 Å². The van der Waals surface area contributed by atoms with E-state index in [1.807, 2.05) is 0 Å². The van der Waals surface area contributed by atoms with Crippen molar-refractivity contribution >= 4 is 17.5 Å². The third kappa shape index (κ3) is 3.61. The number of rotatable bonds is 4. The monoisotopic (exact) mass is 371 g/mol. The first kappa shape index (κ1) is 19.1. The molecule has 2 atom stereocenters. The van der Waals surface area contributed by atoms with E-state index in [4.69, 9.17) is 9.47 Å². The van der Waals surface area contributed by atoms with Gasteiger partial charge >= 0.3 is 5.97 Å². The minimum absolute atomic E-state index is 0.00734. The Morgan fingerprint density at radius 2 is 2.04 bits per heavy atom. The second kappa shape index (κ2) is 7.55. The molecule has 1 aromatic carbocycles. The maximum atomic E-state index is 12.9. The van der Waals surface area contributed by atoms with Crippen LogP contribution in [-0.4, -0.2) is 35.8 Å². The Balaban J connectivity index is 2.16. The number of esters is 1. The molecule has 144 valence electrons. The van der Waals surface area contributed by atoms with Gasteiger partial charge in [0.05, 0.1) is 13.2 Å². The topological polar surface area (TPSA) is 85.2 Å². The third-order valence-corrected chi connectivity index (χ3v) is 5.00. The molecule has 1 unspecified atom stereocenters. The highest BCUT2D eigenvalue weighted by molar-refractivity contribution is 6.08. The molecule has 0 spiro atoms. The molecule has 0 saturated carbocycles. The van der Waals surface area contributed by atoms with Crippen molar-refractivity contribution in [2.75, 3.05) is 7.11 Å². The standard InChI is InChI=1S/C21H25NO5/c1-11(2)27-21(25)18-12(3)22-14-6-5-7-16(24)20(14)19(18)13-8-9-15(23)17(10-13)26-4/h8-11,18-19,23H,5-7H2,1-4H3/t18?,19-/m0/s1. The average Bonchev–Trinajstić information content (AvgIpc) is 2.60. The van der Waals surface area contributed by atoms with Crippen LogP contribution in [0.5, 0.6) is 11.5 Å². The lowest BCUT2D eigenvalue weighted by Crippen LogP contribution is -2.38. The zero-order valence-electron chi connectivity index (χ0n) is 16.1. The van der Waals surface area contributed by atoms with E-state index < -0.39 is 17.8 Å². The quantitative estimate of drug-likeness (QED) is 0.819. The molecular formula is C21H25NO5. The molecule has 0 fully saturated rings. The van der Waals surface area contributed by atoms with Gasteiger partial charge in [-0.05, 0) is 51.3 Å². The first-order valence-corrected chi connectivity index (χ1v) is 9.22. The van der Waals surface area contributed by atoms with E-state index in [2.05, 4.69) is 4.99 Å². The van der Waals surface area contributed by atoms with Crippen molar-refractivity contribution in [2.45, 2.75) is 52.1 Å². The minimum Gasteiger partial charge on any atom is -0.504 e. The first-order valence-electron chi connectivity index (χ1n) is 9.22. The number of phenols is 1. The van der Waals surface area contributed by atoms with E-state index in [1.54, 1.807) is 32.9 Å². The summed E-state index contributed by atoms with van der Waals surface area (Å²) in [5.74, 6) is -1.24. The summed E-state index contributed by atoms with van der Waals surface area (Å²) in [6.07, 6.45) is 1.67. The summed E-state index contributed by atoms with van der Waals surface area (Å²) >= 11 is 0. The SMILES string of the molecule is COc1cc([C@@H]2C3=C(CCCC3=O)N=C(C)C2C(=O)OC(C)C)ccc1O. The number of carbonyl (C=O) groups is 2. The summed E-state index contributed by atoms with van der Waals surface area (Å²) in [6.45, 7) is 5.39. The summed E-state index contributed by atoms with van der Waals surface area (Å²) in [5, 5.41) is 9.94. The average molecular weight is 371 g/mol. The number of benzene rings is 1. The van der Waals surface area contributed by atoms with E-state index >= 15 is 0 Å². The van der Waals surface area contributed by atoms with Crippen LogP contribution in [0, 0.1) is 5.92 Å². The number of ether oxygens (including phenoxy) is 2. The lowest BCUT2D eigenvalue weighted by Gasteiger charge is -2.34. The highest BCUT2D eigenvalue weighted by Crippen LogP contribution is 2.45. The molecule has 1 aromatic rings. The predicted molar refractivity (Wildman–Crippen MR) is 101 cm³/mol. The van der Waals surface area contributed by atoms with Crippen LogP contribution in [0.1, 0.15) is 51.5 Å². The summed E-state index contributed by atoms with van der Waals surface area (Å²) in [5.41, 5.74) is 2.72. The lowest BCUT2D eigenvalue weighted by atomic mass is 9.71. The van der Waals surface area contributed by atoms with Gasteiger partial charge in [-0.2, -0.15) is 0 Å². The molecule has 0 bridgehead atoms. The highest BCUT2D eigenvalue weighted by atomic mass is 16.5. The number of allylic oxidation sites excluding steroid dienone is 2. The second-order valence-corrected chi connectivity index (χ2v) is 7.26. The van der Waals surface area contributed by atoms with Gasteiger partial charge < -0.3 is 14.6 Å². The molecule has 0 saturated heterocycles. The molecule has 2 aliphatic rings. The van der Waals surface area contributed by atoms with E-state index in [0.717, 1.165) is 24.1 Å². The van der Waals surface area contributed by atoms with Gasteiger partial charge in [0.15, 0.2) is 17.3 Å². The van der Waals surface area contributed by atoms with Crippen LogP contribution in [0.3, 0.4) is 0 Å². The molecule has 0 amide bonds. The first-order chi connectivity index (χ1) is 12.8. The number of ketones is 1. The molecule has 27 heavy (non-hydrogen) atoms. The van der Waals surface area contributed by atoms with Crippen molar-refractivity contribution in [3.63, 3.8) is 0 Å². The van der Waals surface area contributed by atoms with Crippen molar-refractivity contribution in [1.82, 2.24) is 0 Å². The van der Waals surface area contributed by atoms with Gasteiger partial charge in [-0.1, -0.05) is 6.07 Å². The fraction of sp³-hybridized carbons (Fsp3) is 0.476. The summed E-state index contributed by atoms with van der Waals surface area (Å²) in [4.78, 5) is 30.3. The third-order valence-electron chi connectivity index (χ3n) is 5.00. The van der Waals surface area contributed by atoms with Gasteiger partial charge in [-0.3, -0.25) is 14.6 Å². The van der Waals surface area contributed by atoms with E-state index in [9.17, 15) is 14.7 Å². The minimum atomic E-state index is -0.678. The zero-order chi connectivity index (χ0) is 19.7. The maximum absolute atomic E-state index is 12.9. The molecule has 0 radical (unpaired) electrons. The van der Waals surface area contributed by atoms with Crippen LogP contribution in [0.25, 0.3) is 0 Å².